The van der Waals surface area contributed by atoms with Crippen LogP contribution in [0.25, 0.3) is 0 Å². The second kappa shape index (κ2) is 5.83. The molecule has 0 aliphatic carbocycles. The topological polar surface area (TPSA) is 40.5 Å². The Morgan fingerprint density at radius 2 is 1.83 bits per heavy atom. The molecule has 0 bridgehead atoms. The predicted octanol–water partition coefficient (Wildman–Crippen LogP) is 3.80. The lowest BCUT2D eigenvalue weighted by atomic mass is 10.0. The minimum absolute atomic E-state index is 0.0829. The summed E-state index contributed by atoms with van der Waals surface area (Å²) in [5.41, 5.74) is 1.86. The van der Waals surface area contributed by atoms with Crippen molar-refractivity contribution in [1.29, 1.82) is 0 Å². The molecule has 1 amide bonds. The van der Waals surface area contributed by atoms with Crippen molar-refractivity contribution < 1.29 is 18.7 Å². The van der Waals surface area contributed by atoms with Crippen LogP contribution in [0.15, 0.2) is 54.3 Å². The first-order valence-electron chi connectivity index (χ1n) is 7.17. The molecule has 1 atom stereocenters. The van der Waals surface area contributed by atoms with Crippen LogP contribution < -0.4 is 0 Å². The van der Waals surface area contributed by atoms with E-state index in [1.54, 1.807) is 19.1 Å². The summed E-state index contributed by atoms with van der Waals surface area (Å²) in [5.74, 6) is -1.11. The van der Waals surface area contributed by atoms with Crippen molar-refractivity contribution in [2.75, 3.05) is 0 Å². The maximum Gasteiger partial charge on any atom is 0.251 e. The number of carbonyl (C=O) groups excluding carboxylic acids is 1. The van der Waals surface area contributed by atoms with E-state index < -0.39 is 6.04 Å². The number of aliphatic hydroxyl groups excluding tert-OH is 1. The molecule has 1 aliphatic heterocycles. The van der Waals surface area contributed by atoms with Gasteiger partial charge in [-0.25, -0.2) is 8.78 Å². The molecular weight excluding hydrogens is 300 g/mol. The molecule has 1 N–H and O–H groups in total. The Bertz CT molecular complexity index is 784. The van der Waals surface area contributed by atoms with Gasteiger partial charge in [-0.05, 0) is 41.8 Å². The summed E-state index contributed by atoms with van der Waals surface area (Å²) in [6, 6.07) is 9.60. The zero-order valence-electron chi connectivity index (χ0n) is 12.5. The van der Waals surface area contributed by atoms with E-state index in [1.165, 1.54) is 35.2 Å². The standard InChI is InChI=1S/C18H15F2NO2/c1-11-8-12(2-7-15(11)20)10-21-17(23)9-16(22)18(21)13-3-5-14(19)6-4-13/h2-9,18,22H,10H2,1H3. The second-order valence-electron chi connectivity index (χ2n) is 5.57. The molecule has 2 aromatic carbocycles. The number of aliphatic hydroxyl groups is 1. The van der Waals surface area contributed by atoms with Crippen LogP contribution in [-0.4, -0.2) is 15.9 Å². The van der Waals surface area contributed by atoms with Crippen molar-refractivity contribution in [3.63, 3.8) is 0 Å². The highest BCUT2D eigenvalue weighted by Crippen LogP contribution is 2.34. The maximum absolute atomic E-state index is 13.4. The number of amides is 1. The van der Waals surface area contributed by atoms with Crippen molar-refractivity contribution in [3.8, 4) is 0 Å². The molecule has 0 saturated carbocycles. The van der Waals surface area contributed by atoms with Gasteiger partial charge in [-0.1, -0.05) is 24.3 Å². The number of benzene rings is 2. The fourth-order valence-corrected chi connectivity index (χ4v) is 2.74. The van der Waals surface area contributed by atoms with Crippen LogP contribution in [0.2, 0.25) is 0 Å². The maximum atomic E-state index is 13.4. The van der Waals surface area contributed by atoms with Gasteiger partial charge in [0, 0.05) is 12.6 Å². The largest absolute Gasteiger partial charge is 0.510 e. The molecule has 1 unspecified atom stereocenters. The molecule has 5 heteroatoms. The summed E-state index contributed by atoms with van der Waals surface area (Å²) in [5, 5.41) is 10.1. The van der Waals surface area contributed by atoms with E-state index in [2.05, 4.69) is 0 Å². The van der Waals surface area contributed by atoms with E-state index >= 15 is 0 Å². The van der Waals surface area contributed by atoms with E-state index in [0.29, 0.717) is 11.1 Å². The molecule has 0 saturated heterocycles. The summed E-state index contributed by atoms with van der Waals surface area (Å²) in [7, 11) is 0. The molecule has 23 heavy (non-hydrogen) atoms. The monoisotopic (exact) mass is 315 g/mol. The number of hydrogen-bond acceptors (Lipinski definition) is 2. The molecule has 1 heterocycles. The van der Waals surface area contributed by atoms with Gasteiger partial charge in [-0.3, -0.25) is 4.79 Å². The summed E-state index contributed by atoms with van der Waals surface area (Å²) in [6.45, 7) is 1.88. The average molecular weight is 315 g/mol. The lowest BCUT2D eigenvalue weighted by molar-refractivity contribution is -0.127. The van der Waals surface area contributed by atoms with Crippen LogP contribution in [0, 0.1) is 18.6 Å². The molecule has 0 spiro atoms. The van der Waals surface area contributed by atoms with Crippen molar-refractivity contribution in [2.45, 2.75) is 19.5 Å². The highest BCUT2D eigenvalue weighted by molar-refractivity contribution is 5.91. The summed E-state index contributed by atoms with van der Waals surface area (Å²) in [6.07, 6.45) is 1.16. The minimum atomic E-state index is -0.659. The molecular formula is C18H15F2NO2. The minimum Gasteiger partial charge on any atom is -0.510 e. The van der Waals surface area contributed by atoms with Crippen LogP contribution >= 0.6 is 0 Å². The number of nitrogens with zero attached hydrogens (tertiary/aromatic N) is 1. The molecule has 1 aliphatic rings. The normalized spacial score (nSPS) is 17.5. The van der Waals surface area contributed by atoms with Gasteiger partial charge >= 0.3 is 0 Å². The fraction of sp³-hybridized carbons (Fsp3) is 0.167. The highest BCUT2D eigenvalue weighted by Gasteiger charge is 2.34. The van der Waals surface area contributed by atoms with Gasteiger partial charge in [-0.15, -0.1) is 0 Å². The molecule has 118 valence electrons. The van der Waals surface area contributed by atoms with E-state index in [9.17, 15) is 18.7 Å². The summed E-state index contributed by atoms with van der Waals surface area (Å²) >= 11 is 0. The molecule has 0 fully saturated rings. The van der Waals surface area contributed by atoms with Crippen LogP contribution in [0.4, 0.5) is 8.78 Å². The molecule has 0 radical (unpaired) electrons. The first kappa shape index (κ1) is 15.2. The first-order chi connectivity index (χ1) is 11.0. The van der Waals surface area contributed by atoms with Gasteiger partial charge in [0.1, 0.15) is 23.4 Å². The van der Waals surface area contributed by atoms with E-state index in [4.69, 9.17) is 0 Å². The van der Waals surface area contributed by atoms with Crippen molar-refractivity contribution in [2.24, 2.45) is 0 Å². The Morgan fingerprint density at radius 1 is 1.13 bits per heavy atom. The molecule has 2 aromatic rings. The zero-order valence-corrected chi connectivity index (χ0v) is 12.5. The Balaban J connectivity index is 1.91. The van der Waals surface area contributed by atoms with Gasteiger partial charge in [0.2, 0.25) is 0 Å². The number of aryl methyl sites for hydroxylation is 1. The lowest BCUT2D eigenvalue weighted by Gasteiger charge is -2.26. The number of hydrogen-bond donors (Lipinski definition) is 1. The predicted molar refractivity (Wildman–Crippen MR) is 81.5 cm³/mol. The smallest absolute Gasteiger partial charge is 0.251 e. The highest BCUT2D eigenvalue weighted by atomic mass is 19.1. The molecule has 0 aromatic heterocycles. The summed E-state index contributed by atoms with van der Waals surface area (Å²) < 4.78 is 26.4. The van der Waals surface area contributed by atoms with Crippen LogP contribution in [0.1, 0.15) is 22.7 Å². The van der Waals surface area contributed by atoms with E-state index in [0.717, 1.165) is 11.6 Å². The van der Waals surface area contributed by atoms with E-state index in [-0.39, 0.29) is 29.8 Å². The number of carbonyl (C=O) groups is 1. The molecule has 3 rings (SSSR count). The van der Waals surface area contributed by atoms with Gasteiger partial charge < -0.3 is 10.0 Å². The Kier molecular flexibility index (Phi) is 3.86. The van der Waals surface area contributed by atoms with Crippen LogP contribution in [-0.2, 0) is 11.3 Å². The Morgan fingerprint density at radius 3 is 2.48 bits per heavy atom. The Hall–Kier alpha value is -2.69. The van der Waals surface area contributed by atoms with Crippen molar-refractivity contribution in [1.82, 2.24) is 4.90 Å². The van der Waals surface area contributed by atoms with Crippen molar-refractivity contribution in [3.05, 3.63) is 82.6 Å². The summed E-state index contributed by atoms with van der Waals surface area (Å²) in [4.78, 5) is 13.6. The van der Waals surface area contributed by atoms with Gasteiger partial charge in [-0.2, -0.15) is 0 Å². The second-order valence-corrected chi connectivity index (χ2v) is 5.57. The third kappa shape index (κ3) is 2.95. The van der Waals surface area contributed by atoms with Gasteiger partial charge in [0.15, 0.2) is 0 Å². The van der Waals surface area contributed by atoms with Crippen LogP contribution in [0.3, 0.4) is 0 Å². The SMILES string of the molecule is Cc1cc(CN2C(=O)C=C(O)C2c2ccc(F)cc2)ccc1F. The first-order valence-corrected chi connectivity index (χ1v) is 7.17. The van der Waals surface area contributed by atoms with Crippen molar-refractivity contribution >= 4 is 5.91 Å². The van der Waals surface area contributed by atoms with Gasteiger partial charge in [0.05, 0.1) is 0 Å². The van der Waals surface area contributed by atoms with Crippen LogP contribution in [0.5, 0.6) is 0 Å². The quantitative estimate of drug-likeness (QED) is 0.936. The number of halogens is 2. The third-order valence-electron chi connectivity index (χ3n) is 3.91. The average Bonchev–Trinajstić information content (AvgIpc) is 2.78. The Labute approximate surface area is 132 Å². The van der Waals surface area contributed by atoms with Gasteiger partial charge in [0.25, 0.3) is 5.91 Å². The third-order valence-corrected chi connectivity index (χ3v) is 3.91. The zero-order chi connectivity index (χ0) is 16.6. The fourth-order valence-electron chi connectivity index (χ4n) is 2.74. The lowest BCUT2D eigenvalue weighted by Crippen LogP contribution is -2.29. The number of rotatable bonds is 3. The van der Waals surface area contributed by atoms with E-state index in [1.807, 2.05) is 0 Å². The molecule has 3 nitrogen and oxygen atoms in total.